The molecule has 1 rings (SSSR count). The summed E-state index contributed by atoms with van der Waals surface area (Å²) in [6.07, 6.45) is 1.53. The fourth-order valence-electron chi connectivity index (χ4n) is 2.16. The van der Waals surface area contributed by atoms with E-state index in [-0.39, 0.29) is 30.2 Å². The number of nitrogens with two attached hydrogens (primary N) is 1. The Balaban J connectivity index is 2.31. The van der Waals surface area contributed by atoms with E-state index in [1.54, 1.807) is 7.11 Å². The third kappa shape index (κ3) is 3.43. The number of primary amides is 1. The van der Waals surface area contributed by atoms with Crippen LogP contribution < -0.4 is 11.1 Å². The van der Waals surface area contributed by atoms with Gasteiger partial charge in [0, 0.05) is 32.2 Å². The molecular weight excluding hydrogens is 208 g/mol. The second-order valence-electron chi connectivity index (χ2n) is 4.27. The van der Waals surface area contributed by atoms with Gasteiger partial charge in [-0.25, -0.2) is 0 Å². The van der Waals surface area contributed by atoms with E-state index in [0.29, 0.717) is 13.0 Å². The number of amides is 1. The summed E-state index contributed by atoms with van der Waals surface area (Å²) in [5.41, 5.74) is 5.14. The van der Waals surface area contributed by atoms with Crippen LogP contribution in [-0.2, 0) is 14.3 Å². The Kier molecular flexibility index (Phi) is 5.18. The number of hydrogen-bond acceptors (Lipinski definition) is 4. The van der Waals surface area contributed by atoms with Gasteiger partial charge < -0.3 is 20.5 Å². The van der Waals surface area contributed by atoms with Crippen LogP contribution in [0, 0.1) is 0 Å². The van der Waals surface area contributed by atoms with E-state index in [4.69, 9.17) is 15.2 Å². The van der Waals surface area contributed by atoms with Crippen LogP contribution in [0.4, 0.5) is 0 Å². The molecule has 1 aliphatic rings. The van der Waals surface area contributed by atoms with E-state index in [0.717, 1.165) is 6.42 Å². The van der Waals surface area contributed by atoms with Gasteiger partial charge in [-0.3, -0.25) is 4.79 Å². The van der Waals surface area contributed by atoms with Crippen LogP contribution in [0.1, 0.15) is 26.7 Å². The zero-order valence-corrected chi connectivity index (χ0v) is 10.2. The minimum Gasteiger partial charge on any atom is -0.377 e. The molecule has 1 aliphatic carbocycles. The van der Waals surface area contributed by atoms with Crippen LogP contribution >= 0.6 is 0 Å². The highest BCUT2D eigenvalue weighted by molar-refractivity contribution is 5.74. The lowest BCUT2D eigenvalue weighted by Crippen LogP contribution is -2.61. The Bertz CT molecular complexity index is 235. The molecule has 3 N–H and O–H groups in total. The van der Waals surface area contributed by atoms with E-state index >= 15 is 0 Å². The number of ether oxygens (including phenoxy) is 2. The van der Waals surface area contributed by atoms with Crippen molar-refractivity contribution in [2.75, 3.05) is 13.7 Å². The highest BCUT2D eigenvalue weighted by atomic mass is 16.5. The van der Waals surface area contributed by atoms with Gasteiger partial charge >= 0.3 is 0 Å². The maximum Gasteiger partial charge on any atom is 0.218 e. The van der Waals surface area contributed by atoms with Crippen LogP contribution in [0.3, 0.4) is 0 Å². The first-order valence-electron chi connectivity index (χ1n) is 5.77. The van der Waals surface area contributed by atoms with Crippen molar-refractivity contribution >= 4 is 5.91 Å². The molecule has 0 aromatic carbocycles. The molecule has 0 saturated heterocycles. The molecule has 1 saturated carbocycles. The maximum absolute atomic E-state index is 10.7. The molecule has 0 radical (unpaired) electrons. The molecule has 4 atom stereocenters. The molecule has 0 heterocycles. The molecule has 4 unspecified atom stereocenters. The second-order valence-corrected chi connectivity index (χ2v) is 4.27. The fraction of sp³-hybridized carbons (Fsp3) is 0.909. The summed E-state index contributed by atoms with van der Waals surface area (Å²) >= 11 is 0. The van der Waals surface area contributed by atoms with Crippen molar-refractivity contribution in [1.82, 2.24) is 5.32 Å². The van der Waals surface area contributed by atoms with Crippen molar-refractivity contribution in [1.29, 1.82) is 0 Å². The summed E-state index contributed by atoms with van der Waals surface area (Å²) in [5, 5.41) is 3.33. The molecule has 94 valence electrons. The topological polar surface area (TPSA) is 73.6 Å². The minimum atomic E-state index is -0.283. The van der Waals surface area contributed by atoms with Crippen LogP contribution in [-0.4, -0.2) is 43.9 Å². The first-order valence-corrected chi connectivity index (χ1v) is 5.77. The molecule has 0 aliphatic heterocycles. The lowest BCUT2D eigenvalue weighted by molar-refractivity contribution is -0.133. The van der Waals surface area contributed by atoms with Gasteiger partial charge in [0.15, 0.2) is 0 Å². The van der Waals surface area contributed by atoms with E-state index in [9.17, 15) is 4.79 Å². The Morgan fingerprint density at radius 1 is 1.62 bits per heavy atom. The molecular formula is C11H22N2O3. The standard InChI is InChI=1S/C11H22N2O3/c1-4-16-9-6-8(11(9)15-3)13-7(2)5-10(12)14/h7-9,11,13H,4-6H2,1-3H3,(H2,12,14). The average molecular weight is 230 g/mol. The van der Waals surface area contributed by atoms with Gasteiger partial charge in [-0.1, -0.05) is 0 Å². The number of hydrogen-bond donors (Lipinski definition) is 2. The molecule has 0 spiro atoms. The summed E-state index contributed by atoms with van der Waals surface area (Å²) in [6.45, 7) is 4.63. The molecule has 1 amide bonds. The molecule has 1 fully saturated rings. The van der Waals surface area contributed by atoms with Crippen LogP contribution in [0.15, 0.2) is 0 Å². The molecule has 5 heteroatoms. The van der Waals surface area contributed by atoms with Gasteiger partial charge in [0.05, 0.1) is 12.2 Å². The number of methoxy groups -OCH3 is 1. The quantitative estimate of drug-likeness (QED) is 0.647. The second kappa shape index (κ2) is 6.18. The van der Waals surface area contributed by atoms with Gasteiger partial charge in [0.2, 0.25) is 5.91 Å². The van der Waals surface area contributed by atoms with Gasteiger partial charge in [-0.05, 0) is 20.3 Å². The third-order valence-corrected chi connectivity index (χ3v) is 2.91. The van der Waals surface area contributed by atoms with Gasteiger partial charge in [-0.15, -0.1) is 0 Å². The predicted molar refractivity (Wildman–Crippen MR) is 61.0 cm³/mol. The normalized spacial score (nSPS) is 30.8. The summed E-state index contributed by atoms with van der Waals surface area (Å²) in [5.74, 6) is -0.283. The van der Waals surface area contributed by atoms with Crippen molar-refractivity contribution in [3.8, 4) is 0 Å². The number of rotatable bonds is 7. The summed E-state index contributed by atoms with van der Waals surface area (Å²) in [4.78, 5) is 10.7. The summed E-state index contributed by atoms with van der Waals surface area (Å²) in [6, 6.07) is 0.346. The summed E-state index contributed by atoms with van der Waals surface area (Å²) < 4.78 is 10.9. The monoisotopic (exact) mass is 230 g/mol. The van der Waals surface area contributed by atoms with E-state index in [1.165, 1.54) is 0 Å². The van der Waals surface area contributed by atoms with Crippen molar-refractivity contribution in [3.63, 3.8) is 0 Å². The third-order valence-electron chi connectivity index (χ3n) is 2.91. The minimum absolute atomic E-state index is 0.0790. The fourth-order valence-corrected chi connectivity index (χ4v) is 2.16. The number of carbonyl (C=O) groups excluding carboxylic acids is 1. The van der Waals surface area contributed by atoms with Crippen molar-refractivity contribution < 1.29 is 14.3 Å². The molecule has 0 bridgehead atoms. The average Bonchev–Trinajstić information content (AvgIpc) is 2.15. The number of nitrogens with one attached hydrogen (secondary N) is 1. The zero-order chi connectivity index (χ0) is 12.1. The van der Waals surface area contributed by atoms with Gasteiger partial charge in [-0.2, -0.15) is 0 Å². The first-order chi connectivity index (χ1) is 7.58. The Hall–Kier alpha value is -0.650. The summed E-state index contributed by atoms with van der Waals surface area (Å²) in [7, 11) is 1.68. The van der Waals surface area contributed by atoms with Gasteiger partial charge in [0.25, 0.3) is 0 Å². The maximum atomic E-state index is 10.7. The van der Waals surface area contributed by atoms with Crippen LogP contribution in [0.2, 0.25) is 0 Å². The molecule has 5 nitrogen and oxygen atoms in total. The van der Waals surface area contributed by atoms with Crippen molar-refractivity contribution in [2.45, 2.75) is 51.0 Å². The predicted octanol–water partition coefficient (Wildman–Crippen LogP) is 0.0323. The Labute approximate surface area is 96.7 Å². The SMILES string of the molecule is CCOC1CC(NC(C)CC(N)=O)C1OC. The van der Waals surface area contributed by atoms with E-state index in [2.05, 4.69) is 5.32 Å². The van der Waals surface area contributed by atoms with Crippen LogP contribution in [0.5, 0.6) is 0 Å². The van der Waals surface area contributed by atoms with E-state index < -0.39 is 0 Å². The van der Waals surface area contributed by atoms with Gasteiger partial charge in [0.1, 0.15) is 0 Å². The highest BCUT2D eigenvalue weighted by Gasteiger charge is 2.42. The molecule has 0 aromatic rings. The zero-order valence-electron chi connectivity index (χ0n) is 10.2. The first kappa shape index (κ1) is 13.4. The van der Waals surface area contributed by atoms with Crippen molar-refractivity contribution in [2.24, 2.45) is 5.73 Å². The highest BCUT2D eigenvalue weighted by Crippen LogP contribution is 2.27. The Morgan fingerprint density at radius 3 is 2.81 bits per heavy atom. The van der Waals surface area contributed by atoms with E-state index in [1.807, 2.05) is 13.8 Å². The lowest BCUT2D eigenvalue weighted by atomic mass is 9.84. The van der Waals surface area contributed by atoms with Crippen molar-refractivity contribution in [3.05, 3.63) is 0 Å². The van der Waals surface area contributed by atoms with Crippen LogP contribution in [0.25, 0.3) is 0 Å². The molecule has 0 aromatic heterocycles. The largest absolute Gasteiger partial charge is 0.377 e. The lowest BCUT2D eigenvalue weighted by Gasteiger charge is -2.44. The molecule has 16 heavy (non-hydrogen) atoms. The Morgan fingerprint density at radius 2 is 2.31 bits per heavy atom. The number of carbonyl (C=O) groups is 1. The smallest absolute Gasteiger partial charge is 0.218 e.